The predicted octanol–water partition coefficient (Wildman–Crippen LogP) is 3.49. The van der Waals surface area contributed by atoms with Crippen molar-refractivity contribution in [3.05, 3.63) is 75.9 Å². The topological polar surface area (TPSA) is 59.3 Å². The van der Waals surface area contributed by atoms with Crippen LogP contribution in [0.15, 0.2) is 57.7 Å². The van der Waals surface area contributed by atoms with E-state index in [-0.39, 0.29) is 16.9 Å². The van der Waals surface area contributed by atoms with Crippen LogP contribution in [0.2, 0.25) is 0 Å². The molecule has 0 radical (unpaired) electrons. The number of halogens is 1. The molecule has 0 bridgehead atoms. The lowest BCUT2D eigenvalue weighted by Crippen LogP contribution is -2.15. The number of amides is 1. The van der Waals surface area contributed by atoms with Crippen molar-refractivity contribution < 1.29 is 13.6 Å². The molecule has 4 nitrogen and oxygen atoms in total. The summed E-state index contributed by atoms with van der Waals surface area (Å²) in [5.41, 5.74) is 0.812. The third-order valence-corrected chi connectivity index (χ3v) is 3.30. The van der Waals surface area contributed by atoms with E-state index in [4.69, 9.17) is 4.42 Å². The van der Waals surface area contributed by atoms with Crippen LogP contribution in [-0.2, 0) is 0 Å². The minimum Gasteiger partial charge on any atom is -0.450 e. The molecule has 0 aliphatic rings. The number of benzene rings is 2. The molecule has 5 heteroatoms. The van der Waals surface area contributed by atoms with Gasteiger partial charge in [0.1, 0.15) is 11.4 Å². The normalized spacial score (nSPS) is 10.6. The SMILES string of the molecule is Cc1cccc2c(=O)cc(C(=O)Nc3ccccc3F)oc12. The summed E-state index contributed by atoms with van der Waals surface area (Å²) in [4.78, 5) is 24.2. The van der Waals surface area contributed by atoms with Gasteiger partial charge in [0.15, 0.2) is 11.2 Å². The van der Waals surface area contributed by atoms with Gasteiger partial charge in [-0.3, -0.25) is 9.59 Å². The highest BCUT2D eigenvalue weighted by Crippen LogP contribution is 2.18. The molecule has 1 heterocycles. The first kappa shape index (κ1) is 14.0. The first-order chi connectivity index (χ1) is 10.6. The molecule has 110 valence electrons. The summed E-state index contributed by atoms with van der Waals surface area (Å²) in [6.07, 6.45) is 0. The van der Waals surface area contributed by atoms with Gasteiger partial charge in [-0.2, -0.15) is 0 Å². The summed E-state index contributed by atoms with van der Waals surface area (Å²) < 4.78 is 19.1. The van der Waals surface area contributed by atoms with Crippen molar-refractivity contribution in [2.24, 2.45) is 0 Å². The van der Waals surface area contributed by atoms with Crippen LogP contribution in [0.5, 0.6) is 0 Å². The third kappa shape index (κ3) is 2.48. The number of fused-ring (bicyclic) bond motifs is 1. The minimum absolute atomic E-state index is 0.0278. The molecule has 0 saturated heterocycles. The molecule has 0 saturated carbocycles. The molecule has 3 aromatic rings. The van der Waals surface area contributed by atoms with Crippen molar-refractivity contribution in [3.63, 3.8) is 0 Å². The average Bonchev–Trinajstić information content (AvgIpc) is 2.50. The van der Waals surface area contributed by atoms with Gasteiger partial charge < -0.3 is 9.73 Å². The second-order valence-corrected chi connectivity index (χ2v) is 4.86. The molecular formula is C17H12FNO3. The fraction of sp³-hybridized carbons (Fsp3) is 0.0588. The number of hydrogen-bond donors (Lipinski definition) is 1. The molecule has 0 atom stereocenters. The lowest BCUT2D eigenvalue weighted by atomic mass is 10.1. The number of carbonyl (C=O) groups excluding carboxylic acids is 1. The van der Waals surface area contributed by atoms with E-state index in [2.05, 4.69) is 5.32 Å². The van der Waals surface area contributed by atoms with Gasteiger partial charge in [0.2, 0.25) is 0 Å². The molecule has 1 aromatic heterocycles. The fourth-order valence-electron chi connectivity index (χ4n) is 2.18. The molecule has 0 fully saturated rings. The molecule has 1 N–H and O–H groups in total. The van der Waals surface area contributed by atoms with Gasteiger partial charge >= 0.3 is 0 Å². The van der Waals surface area contributed by atoms with E-state index in [1.807, 2.05) is 0 Å². The van der Waals surface area contributed by atoms with Crippen molar-refractivity contribution in [2.75, 3.05) is 5.32 Å². The van der Waals surface area contributed by atoms with E-state index in [9.17, 15) is 14.0 Å². The highest BCUT2D eigenvalue weighted by molar-refractivity contribution is 6.03. The summed E-state index contributed by atoms with van der Waals surface area (Å²) in [6.45, 7) is 1.78. The summed E-state index contributed by atoms with van der Waals surface area (Å²) in [5, 5.41) is 2.80. The van der Waals surface area contributed by atoms with E-state index in [0.717, 1.165) is 11.6 Å². The van der Waals surface area contributed by atoms with Crippen molar-refractivity contribution >= 4 is 22.6 Å². The van der Waals surface area contributed by atoms with E-state index >= 15 is 0 Å². The van der Waals surface area contributed by atoms with Crippen molar-refractivity contribution in [1.29, 1.82) is 0 Å². The molecular weight excluding hydrogens is 285 g/mol. The van der Waals surface area contributed by atoms with Gasteiger partial charge in [-0.1, -0.05) is 24.3 Å². The largest absolute Gasteiger partial charge is 0.450 e. The van der Waals surface area contributed by atoms with Gasteiger partial charge in [-0.05, 0) is 30.7 Å². The molecule has 2 aromatic carbocycles. The van der Waals surface area contributed by atoms with Gasteiger partial charge in [-0.25, -0.2) is 4.39 Å². The Morgan fingerprint density at radius 2 is 1.91 bits per heavy atom. The summed E-state index contributed by atoms with van der Waals surface area (Å²) in [5.74, 6) is -1.39. The van der Waals surface area contributed by atoms with Crippen molar-refractivity contribution in [2.45, 2.75) is 6.92 Å². The van der Waals surface area contributed by atoms with E-state index in [1.165, 1.54) is 18.2 Å². The maximum Gasteiger partial charge on any atom is 0.291 e. The first-order valence-electron chi connectivity index (χ1n) is 6.65. The molecule has 3 rings (SSSR count). The van der Waals surface area contributed by atoms with E-state index in [0.29, 0.717) is 11.0 Å². The number of carbonyl (C=O) groups is 1. The number of nitrogens with one attached hydrogen (secondary N) is 1. The Hall–Kier alpha value is -2.95. The zero-order valence-electron chi connectivity index (χ0n) is 11.7. The number of aryl methyl sites for hydroxylation is 1. The monoisotopic (exact) mass is 297 g/mol. The van der Waals surface area contributed by atoms with E-state index < -0.39 is 11.7 Å². The molecule has 0 unspecified atom stereocenters. The summed E-state index contributed by atoms with van der Waals surface area (Å²) in [6, 6.07) is 12.0. The zero-order chi connectivity index (χ0) is 15.7. The van der Waals surface area contributed by atoms with Crippen LogP contribution >= 0.6 is 0 Å². The Morgan fingerprint density at radius 1 is 1.14 bits per heavy atom. The standard InChI is InChI=1S/C17H12FNO3/c1-10-5-4-6-11-14(20)9-15(22-16(10)11)17(21)19-13-8-3-2-7-12(13)18/h2-9H,1H3,(H,19,21). The maximum absolute atomic E-state index is 13.6. The molecule has 0 aliphatic carbocycles. The second kappa shape index (κ2) is 5.44. The minimum atomic E-state index is -0.674. The Bertz CT molecular complexity index is 931. The van der Waals surface area contributed by atoms with E-state index in [1.54, 1.807) is 31.2 Å². The molecule has 0 aliphatic heterocycles. The quantitative estimate of drug-likeness (QED) is 0.787. The van der Waals surface area contributed by atoms with Gasteiger partial charge in [-0.15, -0.1) is 0 Å². The first-order valence-corrected chi connectivity index (χ1v) is 6.65. The van der Waals surface area contributed by atoms with Crippen LogP contribution in [0.25, 0.3) is 11.0 Å². The van der Waals surface area contributed by atoms with Crippen LogP contribution < -0.4 is 10.7 Å². The lowest BCUT2D eigenvalue weighted by Gasteiger charge is -2.07. The molecule has 0 spiro atoms. The van der Waals surface area contributed by atoms with Gasteiger partial charge in [0.25, 0.3) is 5.91 Å². The average molecular weight is 297 g/mol. The number of rotatable bonds is 2. The number of para-hydroxylation sites is 2. The zero-order valence-corrected chi connectivity index (χ0v) is 11.7. The third-order valence-electron chi connectivity index (χ3n) is 3.30. The second-order valence-electron chi connectivity index (χ2n) is 4.86. The Labute approximate surface area is 125 Å². The Balaban J connectivity index is 2.03. The number of anilines is 1. The van der Waals surface area contributed by atoms with Crippen molar-refractivity contribution in [1.82, 2.24) is 0 Å². The summed E-state index contributed by atoms with van der Waals surface area (Å²) >= 11 is 0. The van der Waals surface area contributed by atoms with Gasteiger partial charge in [0.05, 0.1) is 11.1 Å². The molecule has 22 heavy (non-hydrogen) atoms. The Kier molecular flexibility index (Phi) is 3.47. The van der Waals surface area contributed by atoms with Crippen LogP contribution in [0, 0.1) is 12.7 Å². The lowest BCUT2D eigenvalue weighted by molar-refractivity contribution is 0.0996. The smallest absolute Gasteiger partial charge is 0.291 e. The van der Waals surface area contributed by atoms with Crippen LogP contribution in [0.1, 0.15) is 16.1 Å². The highest BCUT2D eigenvalue weighted by Gasteiger charge is 2.14. The highest BCUT2D eigenvalue weighted by atomic mass is 19.1. The Morgan fingerprint density at radius 3 is 2.68 bits per heavy atom. The summed E-state index contributed by atoms with van der Waals surface area (Å²) in [7, 11) is 0. The maximum atomic E-state index is 13.6. The molecule has 1 amide bonds. The van der Waals surface area contributed by atoms with Crippen LogP contribution in [-0.4, -0.2) is 5.91 Å². The predicted molar refractivity (Wildman–Crippen MR) is 81.6 cm³/mol. The van der Waals surface area contributed by atoms with Gasteiger partial charge in [0, 0.05) is 6.07 Å². The van der Waals surface area contributed by atoms with Crippen LogP contribution in [0.4, 0.5) is 10.1 Å². The van der Waals surface area contributed by atoms with Crippen LogP contribution in [0.3, 0.4) is 0 Å². The fourth-order valence-corrected chi connectivity index (χ4v) is 2.18. The number of hydrogen-bond acceptors (Lipinski definition) is 3. The van der Waals surface area contributed by atoms with Crippen molar-refractivity contribution in [3.8, 4) is 0 Å².